The average molecular weight is 345 g/mol. The number of imide groups is 1. The largest absolute Gasteiger partial charge is 0.381 e. The number of carbonyl (C=O) groups excluding carboxylic acids is 3. The number of hydrogen-bond donors (Lipinski definition) is 2. The normalized spacial score (nSPS) is 19.4. The predicted octanol–water partition coefficient (Wildman–Crippen LogP) is 1.85. The fourth-order valence-corrected chi connectivity index (χ4v) is 3.20. The van der Waals surface area contributed by atoms with E-state index in [1.54, 1.807) is 6.07 Å². The fraction of sp³-hybridized carbons (Fsp3) is 0.500. The van der Waals surface area contributed by atoms with Crippen LogP contribution in [0.1, 0.15) is 38.2 Å². The zero-order valence-corrected chi connectivity index (χ0v) is 14.5. The summed E-state index contributed by atoms with van der Waals surface area (Å²) in [5, 5.41) is 5.50. The summed E-state index contributed by atoms with van der Waals surface area (Å²) in [6.07, 6.45) is 0.873. The molecule has 2 aliphatic rings. The molecule has 0 aromatic heterocycles. The second-order valence-electron chi connectivity index (χ2n) is 6.84. The first-order valence-corrected chi connectivity index (χ1v) is 8.53. The van der Waals surface area contributed by atoms with Gasteiger partial charge in [0.05, 0.1) is 0 Å². The minimum absolute atomic E-state index is 0.292. The van der Waals surface area contributed by atoms with Crippen LogP contribution in [-0.2, 0) is 14.3 Å². The van der Waals surface area contributed by atoms with Crippen LogP contribution in [-0.4, -0.2) is 48.0 Å². The predicted molar refractivity (Wildman–Crippen MR) is 92.2 cm³/mol. The number of amides is 4. The number of hydrogen-bond acceptors (Lipinski definition) is 4. The van der Waals surface area contributed by atoms with Crippen molar-refractivity contribution in [1.82, 2.24) is 10.2 Å². The number of nitrogens with zero attached hydrogens (tertiary/aromatic N) is 1. The molecule has 0 aliphatic carbocycles. The molecule has 2 fully saturated rings. The summed E-state index contributed by atoms with van der Waals surface area (Å²) in [5.41, 5.74) is 0.852. The van der Waals surface area contributed by atoms with E-state index in [0.29, 0.717) is 37.7 Å². The van der Waals surface area contributed by atoms with Crippen molar-refractivity contribution in [3.63, 3.8) is 0 Å². The molecule has 134 valence electrons. The van der Waals surface area contributed by atoms with Crippen molar-refractivity contribution in [1.29, 1.82) is 0 Å². The maximum atomic E-state index is 12.6. The number of anilines is 1. The molecule has 2 saturated heterocycles. The molecular formula is C18H23N3O4. The second kappa shape index (κ2) is 6.84. The smallest absolute Gasteiger partial charge is 0.325 e. The third-order valence-electron chi connectivity index (χ3n) is 4.73. The molecule has 0 atom stereocenters. The lowest BCUT2D eigenvalue weighted by Gasteiger charge is -2.30. The van der Waals surface area contributed by atoms with Gasteiger partial charge in [-0.3, -0.25) is 14.5 Å². The highest BCUT2D eigenvalue weighted by Crippen LogP contribution is 2.28. The molecule has 1 aromatic carbocycles. The van der Waals surface area contributed by atoms with Gasteiger partial charge in [-0.2, -0.15) is 0 Å². The topological polar surface area (TPSA) is 87.7 Å². The molecule has 2 heterocycles. The van der Waals surface area contributed by atoms with E-state index < -0.39 is 17.5 Å². The summed E-state index contributed by atoms with van der Waals surface area (Å²) >= 11 is 0. The standard InChI is InChI=1S/C18H23N3O4/c1-12(2)13-4-3-5-14(10-13)19-15(22)11-21-16(23)18(20-17(21)24)6-8-25-9-7-18/h3-5,10,12H,6-9,11H2,1-2H3,(H,19,22)(H,20,24). The Bertz CT molecular complexity index is 695. The van der Waals surface area contributed by atoms with Crippen LogP contribution in [0.5, 0.6) is 0 Å². The third kappa shape index (κ3) is 3.51. The fourth-order valence-electron chi connectivity index (χ4n) is 3.20. The van der Waals surface area contributed by atoms with Gasteiger partial charge in [0.15, 0.2) is 0 Å². The molecule has 2 aliphatic heterocycles. The first kappa shape index (κ1) is 17.4. The molecule has 1 aromatic rings. The molecular weight excluding hydrogens is 322 g/mol. The SMILES string of the molecule is CC(C)c1cccc(NC(=O)CN2C(=O)NC3(CCOCC3)C2=O)c1. The van der Waals surface area contributed by atoms with Gasteiger partial charge in [0, 0.05) is 31.7 Å². The molecule has 7 heteroatoms. The summed E-state index contributed by atoms with van der Waals surface area (Å²) in [4.78, 5) is 38.1. The third-order valence-corrected chi connectivity index (χ3v) is 4.73. The van der Waals surface area contributed by atoms with Gasteiger partial charge in [-0.15, -0.1) is 0 Å². The van der Waals surface area contributed by atoms with Gasteiger partial charge in [0.1, 0.15) is 12.1 Å². The van der Waals surface area contributed by atoms with Crippen LogP contribution in [0.25, 0.3) is 0 Å². The average Bonchev–Trinajstić information content (AvgIpc) is 2.80. The van der Waals surface area contributed by atoms with E-state index in [4.69, 9.17) is 4.74 Å². The lowest BCUT2D eigenvalue weighted by atomic mass is 9.90. The van der Waals surface area contributed by atoms with Crippen LogP contribution in [0.15, 0.2) is 24.3 Å². The molecule has 3 rings (SSSR count). The minimum Gasteiger partial charge on any atom is -0.381 e. The molecule has 0 bridgehead atoms. The Labute approximate surface area is 146 Å². The van der Waals surface area contributed by atoms with Crippen molar-refractivity contribution in [2.24, 2.45) is 0 Å². The van der Waals surface area contributed by atoms with Crippen LogP contribution in [0.2, 0.25) is 0 Å². The quantitative estimate of drug-likeness (QED) is 0.815. The van der Waals surface area contributed by atoms with Crippen LogP contribution in [0, 0.1) is 0 Å². The molecule has 0 unspecified atom stereocenters. The van der Waals surface area contributed by atoms with Gasteiger partial charge in [0.2, 0.25) is 5.91 Å². The van der Waals surface area contributed by atoms with E-state index in [1.807, 2.05) is 18.2 Å². The Hall–Kier alpha value is -2.41. The molecule has 7 nitrogen and oxygen atoms in total. The Balaban J connectivity index is 1.66. The summed E-state index contributed by atoms with van der Waals surface area (Å²) in [6.45, 7) is 4.70. The van der Waals surface area contributed by atoms with Crippen LogP contribution >= 0.6 is 0 Å². The first-order chi connectivity index (χ1) is 11.9. The Morgan fingerprint density at radius 2 is 2.04 bits per heavy atom. The van der Waals surface area contributed by atoms with E-state index in [0.717, 1.165) is 10.5 Å². The van der Waals surface area contributed by atoms with E-state index >= 15 is 0 Å². The summed E-state index contributed by atoms with van der Waals surface area (Å²) in [6, 6.07) is 7.03. The van der Waals surface area contributed by atoms with Crippen LogP contribution in [0.4, 0.5) is 10.5 Å². The van der Waals surface area contributed by atoms with Gasteiger partial charge in [-0.05, 0) is 23.6 Å². The van der Waals surface area contributed by atoms with E-state index in [2.05, 4.69) is 24.5 Å². The Morgan fingerprint density at radius 3 is 2.72 bits per heavy atom. The molecule has 25 heavy (non-hydrogen) atoms. The zero-order chi connectivity index (χ0) is 18.0. The van der Waals surface area contributed by atoms with Gasteiger partial charge in [-0.25, -0.2) is 4.79 Å². The maximum Gasteiger partial charge on any atom is 0.325 e. The number of benzene rings is 1. The number of rotatable bonds is 4. The monoisotopic (exact) mass is 345 g/mol. The lowest BCUT2D eigenvalue weighted by molar-refractivity contribution is -0.136. The highest BCUT2D eigenvalue weighted by molar-refractivity contribution is 6.10. The van der Waals surface area contributed by atoms with Crippen molar-refractivity contribution in [3.8, 4) is 0 Å². The molecule has 2 N–H and O–H groups in total. The van der Waals surface area contributed by atoms with Crippen molar-refractivity contribution < 1.29 is 19.1 Å². The van der Waals surface area contributed by atoms with Gasteiger partial charge < -0.3 is 15.4 Å². The van der Waals surface area contributed by atoms with Gasteiger partial charge >= 0.3 is 6.03 Å². The second-order valence-corrected chi connectivity index (χ2v) is 6.84. The Morgan fingerprint density at radius 1 is 1.32 bits per heavy atom. The molecule has 1 spiro atoms. The van der Waals surface area contributed by atoms with Crippen LogP contribution < -0.4 is 10.6 Å². The summed E-state index contributed by atoms with van der Waals surface area (Å²) in [5.74, 6) is -0.392. The van der Waals surface area contributed by atoms with Crippen LogP contribution in [0.3, 0.4) is 0 Å². The maximum absolute atomic E-state index is 12.6. The van der Waals surface area contributed by atoms with Crippen molar-refractivity contribution in [2.75, 3.05) is 25.1 Å². The summed E-state index contributed by atoms with van der Waals surface area (Å²) in [7, 11) is 0. The van der Waals surface area contributed by atoms with Crippen molar-refractivity contribution in [3.05, 3.63) is 29.8 Å². The molecule has 0 saturated carbocycles. The zero-order valence-electron chi connectivity index (χ0n) is 14.5. The van der Waals surface area contributed by atoms with E-state index in [9.17, 15) is 14.4 Å². The van der Waals surface area contributed by atoms with E-state index in [1.165, 1.54) is 0 Å². The first-order valence-electron chi connectivity index (χ1n) is 8.53. The van der Waals surface area contributed by atoms with E-state index in [-0.39, 0.29) is 12.5 Å². The molecule has 4 amide bonds. The Kier molecular flexibility index (Phi) is 4.76. The number of ether oxygens (including phenoxy) is 1. The number of nitrogens with one attached hydrogen (secondary N) is 2. The highest BCUT2D eigenvalue weighted by atomic mass is 16.5. The van der Waals surface area contributed by atoms with Crippen molar-refractivity contribution >= 4 is 23.5 Å². The number of carbonyl (C=O) groups is 3. The lowest BCUT2D eigenvalue weighted by Crippen LogP contribution is -2.51. The van der Waals surface area contributed by atoms with Gasteiger partial charge in [-0.1, -0.05) is 26.0 Å². The minimum atomic E-state index is -0.910. The number of urea groups is 1. The summed E-state index contributed by atoms with van der Waals surface area (Å²) < 4.78 is 5.26. The molecule has 0 radical (unpaired) electrons. The highest BCUT2D eigenvalue weighted by Gasteiger charge is 2.52. The van der Waals surface area contributed by atoms with Crippen molar-refractivity contribution in [2.45, 2.75) is 38.1 Å². The van der Waals surface area contributed by atoms with Gasteiger partial charge in [0.25, 0.3) is 5.91 Å².